The van der Waals surface area contributed by atoms with Crippen molar-refractivity contribution in [3.05, 3.63) is 88.5 Å². The molecule has 2 aromatic heterocycles. The van der Waals surface area contributed by atoms with Crippen molar-refractivity contribution in [2.75, 3.05) is 61.6 Å². The van der Waals surface area contributed by atoms with Crippen LogP contribution in [0, 0.1) is 6.92 Å². The number of halogens is 1. The zero-order chi connectivity index (χ0) is 30.8. The first-order chi connectivity index (χ1) is 21.4. The van der Waals surface area contributed by atoms with Crippen molar-refractivity contribution < 1.29 is 14.3 Å². The summed E-state index contributed by atoms with van der Waals surface area (Å²) in [4.78, 5) is 36.3. The Hall–Kier alpha value is -4.41. The number of anilines is 4. The molecule has 0 bridgehead atoms. The molecule has 0 unspecified atom stereocenters. The van der Waals surface area contributed by atoms with E-state index in [-0.39, 0.29) is 12.6 Å². The number of ether oxygens (including phenoxy) is 2. The van der Waals surface area contributed by atoms with Crippen LogP contribution in [0.4, 0.5) is 27.8 Å². The third-order valence-corrected chi connectivity index (χ3v) is 8.37. The summed E-state index contributed by atoms with van der Waals surface area (Å²) in [6.45, 7) is 8.75. The summed E-state index contributed by atoms with van der Waals surface area (Å²) >= 11 is 6.62. The Bertz CT molecular complexity index is 1640. The third kappa shape index (κ3) is 5.87. The number of para-hydroxylation sites is 1. The van der Waals surface area contributed by atoms with E-state index in [9.17, 15) is 4.79 Å². The molecule has 2 aromatic carbocycles. The van der Waals surface area contributed by atoms with Gasteiger partial charge in [-0.05, 0) is 50.7 Å². The van der Waals surface area contributed by atoms with E-state index in [1.807, 2.05) is 26.0 Å². The molecule has 2 amide bonds. The maximum absolute atomic E-state index is 14.2. The number of nitrogens with zero attached hydrogens (tertiary/aromatic N) is 7. The van der Waals surface area contributed by atoms with Crippen LogP contribution in [0.5, 0.6) is 11.5 Å². The molecule has 4 aromatic rings. The number of hydrogen-bond acceptors (Lipinski definition) is 8. The molecule has 0 N–H and O–H groups in total. The molecule has 0 saturated carbocycles. The van der Waals surface area contributed by atoms with Crippen molar-refractivity contribution in [3.8, 4) is 11.5 Å². The maximum Gasteiger partial charge on any atom is 0.336 e. The van der Waals surface area contributed by atoms with E-state index in [2.05, 4.69) is 40.0 Å². The minimum atomic E-state index is -0.303. The van der Waals surface area contributed by atoms with Crippen LogP contribution in [0.1, 0.15) is 29.4 Å². The summed E-state index contributed by atoms with van der Waals surface area (Å²) in [6.07, 6.45) is 3.82. The second-order valence-electron chi connectivity index (χ2n) is 11.0. The highest BCUT2D eigenvalue weighted by Gasteiger charge is 2.36. The van der Waals surface area contributed by atoms with E-state index < -0.39 is 0 Å². The van der Waals surface area contributed by atoms with Crippen LogP contribution in [0.15, 0.2) is 60.9 Å². The fourth-order valence-electron chi connectivity index (χ4n) is 5.66. The standard InChI is InChI=1S/C33H36ClN7O3/c1-5-44-28-18-25(39-15-13-38(3)14-16-39)10-9-23(28)17-29-35-19-24-21-40(31-22(2)7-6-8-27(31)34)33(42)41(32(24)37-29)30-12-11-26(43-4)20-36-30/h6-12,18-20H,5,13-17,21H2,1-4H3. The number of methoxy groups -OCH3 is 1. The molecule has 0 atom stereocenters. The fraction of sp³-hybridized carbons (Fsp3) is 0.333. The van der Waals surface area contributed by atoms with Crippen LogP contribution in [-0.2, 0) is 13.0 Å². The van der Waals surface area contributed by atoms with E-state index in [1.54, 1.807) is 42.6 Å². The highest BCUT2D eigenvalue weighted by Crippen LogP contribution is 2.39. The first kappa shape index (κ1) is 29.7. The average molecular weight is 614 g/mol. The summed E-state index contributed by atoms with van der Waals surface area (Å²) in [5, 5.41) is 0.491. The Morgan fingerprint density at radius 1 is 1.00 bits per heavy atom. The van der Waals surface area contributed by atoms with Gasteiger partial charge in [0.1, 0.15) is 23.1 Å². The molecule has 0 radical (unpaired) electrons. The molecule has 6 rings (SSSR count). The molecule has 2 aliphatic rings. The number of likely N-dealkylation sites (N-methyl/N-ethyl adjacent to an activating group) is 1. The zero-order valence-electron chi connectivity index (χ0n) is 25.5. The molecule has 10 nitrogen and oxygen atoms in total. The number of aryl methyl sites for hydroxylation is 1. The number of aromatic nitrogens is 3. The number of hydrogen-bond donors (Lipinski definition) is 0. The smallest absolute Gasteiger partial charge is 0.336 e. The summed E-state index contributed by atoms with van der Waals surface area (Å²) in [5.74, 6) is 2.89. The lowest BCUT2D eigenvalue weighted by Gasteiger charge is -2.36. The number of rotatable bonds is 8. The topological polar surface area (TPSA) is 87.2 Å². The molecule has 1 saturated heterocycles. The van der Waals surface area contributed by atoms with E-state index in [0.717, 1.165) is 54.3 Å². The molecule has 4 heterocycles. The maximum atomic E-state index is 14.2. The highest BCUT2D eigenvalue weighted by atomic mass is 35.5. The fourth-order valence-corrected chi connectivity index (χ4v) is 5.98. The molecule has 0 aliphatic carbocycles. The molecule has 2 aliphatic heterocycles. The normalized spacial score (nSPS) is 15.4. The van der Waals surface area contributed by atoms with Crippen LogP contribution < -0.4 is 24.2 Å². The van der Waals surface area contributed by atoms with Gasteiger partial charge in [0.25, 0.3) is 0 Å². The van der Waals surface area contributed by atoms with Crippen molar-refractivity contribution in [1.29, 1.82) is 0 Å². The van der Waals surface area contributed by atoms with Crippen LogP contribution in [-0.4, -0.2) is 72.8 Å². The zero-order valence-corrected chi connectivity index (χ0v) is 26.2. The predicted molar refractivity (Wildman–Crippen MR) is 173 cm³/mol. The summed E-state index contributed by atoms with van der Waals surface area (Å²) in [6, 6.07) is 15.2. The van der Waals surface area contributed by atoms with Gasteiger partial charge in [-0.1, -0.05) is 29.8 Å². The van der Waals surface area contributed by atoms with Crippen molar-refractivity contribution in [3.63, 3.8) is 0 Å². The first-order valence-electron chi connectivity index (χ1n) is 14.8. The van der Waals surface area contributed by atoms with Gasteiger partial charge in [0.05, 0.1) is 37.2 Å². The van der Waals surface area contributed by atoms with Gasteiger partial charge in [-0.25, -0.2) is 24.6 Å². The van der Waals surface area contributed by atoms with Crippen LogP contribution >= 0.6 is 11.6 Å². The van der Waals surface area contributed by atoms with Gasteiger partial charge in [-0.15, -0.1) is 0 Å². The van der Waals surface area contributed by atoms with Gasteiger partial charge in [-0.2, -0.15) is 0 Å². The molecular weight excluding hydrogens is 578 g/mol. The minimum Gasteiger partial charge on any atom is -0.495 e. The van der Waals surface area contributed by atoms with Crippen molar-refractivity contribution in [1.82, 2.24) is 19.9 Å². The number of carbonyl (C=O) groups is 1. The molecule has 228 valence electrons. The van der Waals surface area contributed by atoms with Crippen LogP contribution in [0.2, 0.25) is 5.02 Å². The highest BCUT2D eigenvalue weighted by molar-refractivity contribution is 6.34. The minimum absolute atomic E-state index is 0.273. The van der Waals surface area contributed by atoms with Crippen molar-refractivity contribution in [2.45, 2.75) is 26.8 Å². The Morgan fingerprint density at radius 3 is 2.52 bits per heavy atom. The van der Waals surface area contributed by atoms with E-state index in [4.69, 9.17) is 31.0 Å². The molecule has 1 fully saturated rings. The summed E-state index contributed by atoms with van der Waals surface area (Å²) in [5.41, 5.74) is 4.44. The second kappa shape index (κ2) is 12.7. The van der Waals surface area contributed by atoms with Crippen LogP contribution in [0.3, 0.4) is 0 Å². The van der Waals surface area contributed by atoms with Gasteiger partial charge in [0.2, 0.25) is 0 Å². The number of urea groups is 1. The Balaban J connectivity index is 1.36. The first-order valence-corrected chi connectivity index (χ1v) is 15.1. The number of pyridine rings is 1. The molecule has 44 heavy (non-hydrogen) atoms. The van der Waals surface area contributed by atoms with E-state index >= 15 is 0 Å². The predicted octanol–water partition coefficient (Wildman–Crippen LogP) is 5.86. The number of benzene rings is 2. The monoisotopic (exact) mass is 613 g/mol. The lowest BCUT2D eigenvalue weighted by Crippen LogP contribution is -2.46. The second-order valence-corrected chi connectivity index (χ2v) is 11.4. The Kier molecular flexibility index (Phi) is 8.54. The van der Waals surface area contributed by atoms with Crippen molar-refractivity contribution >= 4 is 40.6 Å². The van der Waals surface area contributed by atoms with E-state index in [1.165, 1.54) is 4.90 Å². The van der Waals surface area contributed by atoms with Gasteiger partial charge in [-0.3, -0.25) is 4.90 Å². The quantitative estimate of drug-likeness (QED) is 0.244. The Morgan fingerprint density at radius 2 is 1.82 bits per heavy atom. The van der Waals surface area contributed by atoms with Gasteiger partial charge >= 0.3 is 6.03 Å². The van der Waals surface area contributed by atoms with Crippen molar-refractivity contribution in [2.24, 2.45) is 0 Å². The lowest BCUT2D eigenvalue weighted by molar-refractivity contribution is 0.252. The molecule has 11 heteroatoms. The number of fused-ring (bicyclic) bond motifs is 1. The van der Waals surface area contributed by atoms with Gasteiger partial charge in [0, 0.05) is 61.7 Å². The number of carbonyl (C=O) groups excluding carboxylic acids is 1. The average Bonchev–Trinajstić information content (AvgIpc) is 3.03. The summed E-state index contributed by atoms with van der Waals surface area (Å²) < 4.78 is 11.4. The van der Waals surface area contributed by atoms with Crippen LogP contribution in [0.25, 0.3) is 0 Å². The van der Waals surface area contributed by atoms with E-state index in [0.29, 0.717) is 46.9 Å². The molecule has 0 spiro atoms. The summed E-state index contributed by atoms with van der Waals surface area (Å²) in [7, 11) is 3.73. The van der Waals surface area contributed by atoms with Gasteiger partial charge in [0.15, 0.2) is 5.82 Å². The Labute approximate surface area is 262 Å². The largest absolute Gasteiger partial charge is 0.495 e. The SMILES string of the molecule is CCOc1cc(N2CCN(C)CC2)ccc1Cc1ncc2c(n1)N(c1ccc(OC)cn1)C(=O)N(c1c(C)cccc1Cl)C2. The number of piperazine rings is 1. The van der Waals surface area contributed by atoms with Gasteiger partial charge < -0.3 is 19.3 Å². The number of amides is 2. The lowest BCUT2D eigenvalue weighted by atomic mass is 10.1. The molecular formula is C33H36ClN7O3. The third-order valence-electron chi connectivity index (χ3n) is 8.07.